The van der Waals surface area contributed by atoms with Crippen molar-refractivity contribution in [3.63, 3.8) is 0 Å². The smallest absolute Gasteiger partial charge is 0.241 e. The van der Waals surface area contributed by atoms with Gasteiger partial charge in [0, 0.05) is 37.3 Å². The maximum Gasteiger partial charge on any atom is 0.241 e. The summed E-state index contributed by atoms with van der Waals surface area (Å²) in [7, 11) is -1.87. The third-order valence-corrected chi connectivity index (χ3v) is 7.78. The van der Waals surface area contributed by atoms with Gasteiger partial charge in [-0.1, -0.05) is 41.9 Å². The van der Waals surface area contributed by atoms with E-state index < -0.39 is 16.1 Å². The molecule has 1 fully saturated rings. The Kier molecular flexibility index (Phi) is 7.59. The molecule has 0 aromatic heterocycles. The first kappa shape index (κ1) is 23.5. The minimum atomic E-state index is -3.40. The van der Waals surface area contributed by atoms with E-state index in [2.05, 4.69) is 5.32 Å². The van der Waals surface area contributed by atoms with E-state index in [1.807, 2.05) is 49.1 Å². The molecular weight excluding hydrogens is 438 g/mol. The number of nitrogens with one attached hydrogen (secondary N) is 1. The molecule has 31 heavy (non-hydrogen) atoms. The molecular formula is C22H28ClN3O4S. The number of amides is 1. The molecule has 2 aromatic rings. The molecule has 2 aromatic carbocycles. The zero-order valence-corrected chi connectivity index (χ0v) is 19.5. The van der Waals surface area contributed by atoms with Crippen molar-refractivity contribution in [2.45, 2.75) is 25.6 Å². The normalized spacial score (nSPS) is 16.6. The van der Waals surface area contributed by atoms with Gasteiger partial charge in [-0.2, -0.15) is 4.31 Å². The largest absolute Gasteiger partial charge is 0.495 e. The van der Waals surface area contributed by atoms with Crippen LogP contribution < -0.4 is 10.1 Å². The molecule has 1 aliphatic heterocycles. The SMILES string of the molecule is COc1cc(Cl)c(C)cc1NC(=O)[C@@H](C)N1CCN(S(=O)(=O)Cc2ccccc2)CC1. The summed E-state index contributed by atoms with van der Waals surface area (Å²) in [6, 6.07) is 12.2. The Morgan fingerprint density at radius 3 is 2.42 bits per heavy atom. The fourth-order valence-electron chi connectivity index (χ4n) is 3.58. The number of methoxy groups -OCH3 is 1. The Labute approximate surface area is 189 Å². The Morgan fingerprint density at radius 1 is 1.16 bits per heavy atom. The van der Waals surface area contributed by atoms with Crippen LogP contribution in [0.25, 0.3) is 0 Å². The Morgan fingerprint density at radius 2 is 1.81 bits per heavy atom. The summed E-state index contributed by atoms with van der Waals surface area (Å²) in [6.07, 6.45) is 0. The van der Waals surface area contributed by atoms with Gasteiger partial charge in [-0.25, -0.2) is 8.42 Å². The van der Waals surface area contributed by atoms with Crippen molar-refractivity contribution < 1.29 is 17.9 Å². The zero-order chi connectivity index (χ0) is 22.6. The summed E-state index contributed by atoms with van der Waals surface area (Å²) in [5, 5.41) is 3.47. The lowest BCUT2D eigenvalue weighted by molar-refractivity contribution is -0.121. The molecule has 7 nitrogen and oxygen atoms in total. The second kappa shape index (κ2) is 9.99. The predicted octanol–water partition coefficient (Wildman–Crippen LogP) is 3.13. The molecule has 0 unspecified atom stereocenters. The van der Waals surface area contributed by atoms with Crippen molar-refractivity contribution in [3.05, 3.63) is 58.6 Å². The minimum absolute atomic E-state index is 0.0143. The molecule has 0 saturated carbocycles. The number of benzene rings is 2. The van der Waals surface area contributed by atoms with Gasteiger partial charge >= 0.3 is 0 Å². The standard InChI is InChI=1S/C22H28ClN3O4S/c1-16-13-20(21(30-3)14-19(16)23)24-22(27)17(2)25-9-11-26(12-10-25)31(28,29)15-18-7-5-4-6-8-18/h4-8,13-14,17H,9-12,15H2,1-3H3,(H,24,27)/t17-/m1/s1. The predicted molar refractivity (Wildman–Crippen MR) is 123 cm³/mol. The van der Waals surface area contributed by atoms with Gasteiger partial charge in [-0.3, -0.25) is 9.69 Å². The van der Waals surface area contributed by atoms with Crippen molar-refractivity contribution >= 4 is 33.2 Å². The number of nitrogens with zero attached hydrogens (tertiary/aromatic N) is 2. The fraction of sp³-hybridized carbons (Fsp3) is 0.409. The number of sulfonamides is 1. The van der Waals surface area contributed by atoms with Crippen LogP contribution in [-0.2, 0) is 20.6 Å². The third-order valence-electron chi connectivity index (χ3n) is 5.52. The van der Waals surface area contributed by atoms with Crippen LogP contribution in [0.4, 0.5) is 5.69 Å². The monoisotopic (exact) mass is 465 g/mol. The van der Waals surface area contributed by atoms with E-state index in [9.17, 15) is 13.2 Å². The number of carbonyl (C=O) groups excluding carboxylic acids is 1. The molecule has 1 aliphatic rings. The van der Waals surface area contributed by atoms with Crippen molar-refractivity contribution in [3.8, 4) is 5.75 Å². The highest BCUT2D eigenvalue weighted by Gasteiger charge is 2.31. The first-order chi connectivity index (χ1) is 14.7. The molecule has 0 aliphatic carbocycles. The fourth-order valence-corrected chi connectivity index (χ4v) is 5.25. The second-order valence-corrected chi connectivity index (χ2v) is 10.0. The molecule has 1 heterocycles. The van der Waals surface area contributed by atoms with Crippen LogP contribution in [0.15, 0.2) is 42.5 Å². The van der Waals surface area contributed by atoms with Crippen molar-refractivity contribution in [2.24, 2.45) is 0 Å². The minimum Gasteiger partial charge on any atom is -0.495 e. The first-order valence-corrected chi connectivity index (χ1v) is 12.1. The van der Waals surface area contributed by atoms with Crippen LogP contribution >= 0.6 is 11.6 Å². The number of carbonyl (C=O) groups is 1. The van der Waals surface area contributed by atoms with E-state index in [-0.39, 0.29) is 11.7 Å². The number of hydrogen-bond acceptors (Lipinski definition) is 5. The highest BCUT2D eigenvalue weighted by molar-refractivity contribution is 7.88. The van der Waals surface area contributed by atoms with E-state index in [0.29, 0.717) is 42.6 Å². The summed E-state index contributed by atoms with van der Waals surface area (Å²) in [4.78, 5) is 14.8. The van der Waals surface area contributed by atoms with Crippen LogP contribution in [0.3, 0.4) is 0 Å². The molecule has 1 N–H and O–H groups in total. The lowest BCUT2D eigenvalue weighted by Gasteiger charge is -2.36. The van der Waals surface area contributed by atoms with Gasteiger partial charge < -0.3 is 10.1 Å². The van der Waals surface area contributed by atoms with Gasteiger partial charge in [0.15, 0.2) is 0 Å². The molecule has 1 atom stereocenters. The van der Waals surface area contributed by atoms with E-state index in [4.69, 9.17) is 16.3 Å². The average Bonchev–Trinajstić information content (AvgIpc) is 2.76. The molecule has 168 valence electrons. The number of ether oxygens (including phenoxy) is 1. The Bertz CT molecular complexity index is 1020. The van der Waals surface area contributed by atoms with Gasteiger partial charge in [-0.15, -0.1) is 0 Å². The highest BCUT2D eigenvalue weighted by atomic mass is 35.5. The average molecular weight is 466 g/mol. The maximum atomic E-state index is 12.8. The zero-order valence-electron chi connectivity index (χ0n) is 18.0. The van der Waals surface area contributed by atoms with Crippen LogP contribution in [0.1, 0.15) is 18.1 Å². The summed E-state index contributed by atoms with van der Waals surface area (Å²) in [6.45, 7) is 5.36. The van der Waals surface area contributed by atoms with E-state index in [1.165, 1.54) is 11.4 Å². The Balaban J connectivity index is 1.59. The number of piperazine rings is 1. The molecule has 3 rings (SSSR count). The van der Waals surface area contributed by atoms with Crippen LogP contribution in [-0.4, -0.2) is 62.9 Å². The van der Waals surface area contributed by atoms with Crippen molar-refractivity contribution in [2.75, 3.05) is 38.6 Å². The van der Waals surface area contributed by atoms with Gasteiger partial charge in [0.1, 0.15) is 5.75 Å². The number of anilines is 1. The summed E-state index contributed by atoms with van der Waals surface area (Å²) >= 11 is 6.13. The lowest BCUT2D eigenvalue weighted by atomic mass is 10.1. The van der Waals surface area contributed by atoms with Crippen molar-refractivity contribution in [1.82, 2.24) is 9.21 Å². The summed E-state index contributed by atoms with van der Waals surface area (Å²) in [5.74, 6) is 0.299. The lowest BCUT2D eigenvalue weighted by Crippen LogP contribution is -2.54. The number of hydrogen-bond donors (Lipinski definition) is 1. The highest BCUT2D eigenvalue weighted by Crippen LogP contribution is 2.31. The molecule has 1 amide bonds. The second-order valence-electron chi connectivity index (χ2n) is 7.64. The summed E-state index contributed by atoms with van der Waals surface area (Å²) in [5.41, 5.74) is 2.16. The topological polar surface area (TPSA) is 79.0 Å². The number of halogens is 1. The molecule has 0 spiro atoms. The summed E-state index contributed by atoms with van der Waals surface area (Å²) < 4.78 is 32.3. The van der Waals surface area contributed by atoms with Gasteiger partial charge in [0.05, 0.1) is 24.6 Å². The quantitative estimate of drug-likeness (QED) is 0.679. The van der Waals surface area contributed by atoms with E-state index in [0.717, 1.165) is 11.1 Å². The van der Waals surface area contributed by atoms with Gasteiger partial charge in [0.2, 0.25) is 15.9 Å². The molecule has 1 saturated heterocycles. The van der Waals surface area contributed by atoms with E-state index in [1.54, 1.807) is 12.1 Å². The van der Waals surface area contributed by atoms with Gasteiger partial charge in [-0.05, 0) is 31.0 Å². The van der Waals surface area contributed by atoms with Crippen LogP contribution in [0.2, 0.25) is 5.02 Å². The first-order valence-electron chi connectivity index (χ1n) is 10.1. The Hall–Kier alpha value is -2.13. The molecule has 0 bridgehead atoms. The van der Waals surface area contributed by atoms with Crippen molar-refractivity contribution in [1.29, 1.82) is 0 Å². The maximum absolute atomic E-state index is 12.8. The van der Waals surface area contributed by atoms with Crippen LogP contribution in [0, 0.1) is 6.92 Å². The molecule has 9 heteroatoms. The number of aryl methyl sites for hydroxylation is 1. The molecule has 0 radical (unpaired) electrons. The van der Waals surface area contributed by atoms with Crippen LogP contribution in [0.5, 0.6) is 5.75 Å². The van der Waals surface area contributed by atoms with E-state index >= 15 is 0 Å². The van der Waals surface area contributed by atoms with Gasteiger partial charge in [0.25, 0.3) is 0 Å². The third kappa shape index (κ3) is 5.77. The number of rotatable bonds is 7.